The molecule has 3 rings (SSSR count). The monoisotopic (exact) mass is 376 g/mol. The van der Waals surface area contributed by atoms with Gasteiger partial charge in [0.1, 0.15) is 0 Å². The van der Waals surface area contributed by atoms with Gasteiger partial charge in [0.25, 0.3) is 11.6 Å². The number of fused-ring (bicyclic) bond motifs is 1. The van der Waals surface area contributed by atoms with Gasteiger partial charge in [-0.25, -0.2) is 4.98 Å². The van der Waals surface area contributed by atoms with E-state index in [-0.39, 0.29) is 16.8 Å². The third kappa shape index (κ3) is 3.94. The Labute approximate surface area is 149 Å². The van der Waals surface area contributed by atoms with E-state index >= 15 is 0 Å². The van der Waals surface area contributed by atoms with Crippen LogP contribution in [0.15, 0.2) is 55.0 Å². The van der Waals surface area contributed by atoms with Crippen molar-refractivity contribution in [3.8, 4) is 0 Å². The normalized spacial score (nSPS) is 11.8. The van der Waals surface area contributed by atoms with E-state index in [1.54, 1.807) is 0 Å². The minimum absolute atomic E-state index is 0.134. The summed E-state index contributed by atoms with van der Waals surface area (Å²) >= 11 is 0. The maximum Gasteiger partial charge on any atom is 0.416 e. The molecule has 3 aromatic rings. The van der Waals surface area contributed by atoms with Gasteiger partial charge in [0.2, 0.25) is 0 Å². The Kier molecular flexibility index (Phi) is 4.63. The lowest BCUT2D eigenvalue weighted by Gasteiger charge is -2.06. The number of hydrogen-bond acceptors (Lipinski definition) is 4. The molecule has 27 heavy (non-hydrogen) atoms. The molecule has 1 N–H and O–H groups in total. The second-order valence-corrected chi connectivity index (χ2v) is 5.45. The van der Waals surface area contributed by atoms with Gasteiger partial charge < -0.3 is 9.88 Å². The van der Waals surface area contributed by atoms with Crippen molar-refractivity contribution in [1.29, 1.82) is 0 Å². The highest BCUT2D eigenvalue weighted by molar-refractivity contribution is 5.95. The van der Waals surface area contributed by atoms with Gasteiger partial charge in [-0.2, -0.15) is 13.2 Å². The van der Waals surface area contributed by atoms with Crippen molar-refractivity contribution >= 4 is 28.8 Å². The minimum Gasteiger partial charge on any atom is -0.327 e. The second-order valence-electron chi connectivity index (χ2n) is 5.45. The number of rotatable bonds is 4. The second kappa shape index (κ2) is 6.90. The molecule has 0 aliphatic heterocycles. The van der Waals surface area contributed by atoms with E-state index in [9.17, 15) is 28.1 Å². The minimum atomic E-state index is -4.45. The highest BCUT2D eigenvalue weighted by Crippen LogP contribution is 2.31. The Balaban J connectivity index is 1.72. The zero-order valence-corrected chi connectivity index (χ0v) is 13.5. The molecule has 0 saturated carbocycles. The molecule has 0 unspecified atom stereocenters. The number of aromatic nitrogens is 2. The summed E-state index contributed by atoms with van der Waals surface area (Å²) < 4.78 is 39.6. The first-order valence-corrected chi connectivity index (χ1v) is 7.51. The van der Waals surface area contributed by atoms with Crippen molar-refractivity contribution in [1.82, 2.24) is 14.9 Å². The molecule has 0 fully saturated rings. The average molecular weight is 376 g/mol. The largest absolute Gasteiger partial charge is 0.416 e. The maximum absolute atomic E-state index is 12.7. The van der Waals surface area contributed by atoms with Crippen molar-refractivity contribution in [2.45, 2.75) is 6.18 Å². The quantitative estimate of drug-likeness (QED) is 0.554. The molecule has 0 bridgehead atoms. The lowest BCUT2D eigenvalue weighted by atomic mass is 10.2. The van der Waals surface area contributed by atoms with Crippen LogP contribution in [-0.4, -0.2) is 20.4 Å². The molecule has 1 aromatic heterocycles. The number of amides is 1. The Morgan fingerprint density at radius 3 is 2.52 bits per heavy atom. The summed E-state index contributed by atoms with van der Waals surface area (Å²) in [6.07, 6.45) is -0.416. The van der Waals surface area contributed by atoms with Crippen LogP contribution >= 0.6 is 0 Å². The molecule has 0 spiro atoms. The van der Waals surface area contributed by atoms with Crippen molar-refractivity contribution < 1.29 is 22.9 Å². The van der Waals surface area contributed by atoms with E-state index < -0.39 is 22.6 Å². The fraction of sp³-hybridized carbons (Fsp3) is 0.0588. The summed E-state index contributed by atoms with van der Waals surface area (Å²) in [6, 6.07) is 8.21. The standard InChI is InChI=1S/C17H11F3N4O3/c18-17(19,20)12-3-6-15-14(9-12)22-10-23(15)8-7-21-16(25)11-1-4-13(5-2-11)24(26)27/h1-10H,(H,21,25)/b8-7+. The average Bonchev–Trinajstić information content (AvgIpc) is 3.03. The van der Waals surface area contributed by atoms with E-state index in [1.807, 2.05) is 0 Å². The van der Waals surface area contributed by atoms with Gasteiger partial charge in [-0.1, -0.05) is 0 Å². The van der Waals surface area contributed by atoms with Gasteiger partial charge in [0.15, 0.2) is 0 Å². The first kappa shape index (κ1) is 18.1. The van der Waals surface area contributed by atoms with E-state index in [1.165, 1.54) is 53.6 Å². The first-order chi connectivity index (χ1) is 12.8. The zero-order chi connectivity index (χ0) is 19.6. The number of carbonyl (C=O) groups is 1. The van der Waals surface area contributed by atoms with Crippen molar-refractivity contribution in [2.24, 2.45) is 0 Å². The van der Waals surface area contributed by atoms with Crippen LogP contribution in [0.3, 0.4) is 0 Å². The molecule has 2 aromatic carbocycles. The van der Waals surface area contributed by atoms with Crippen LogP contribution < -0.4 is 5.32 Å². The predicted octanol–water partition coefficient (Wildman–Crippen LogP) is 3.82. The van der Waals surface area contributed by atoms with Crippen LogP contribution in [0, 0.1) is 10.1 Å². The van der Waals surface area contributed by atoms with E-state index in [0.717, 1.165) is 12.1 Å². The molecule has 138 valence electrons. The Hall–Kier alpha value is -3.69. The summed E-state index contributed by atoms with van der Waals surface area (Å²) in [5, 5.41) is 13.1. The number of nitro benzene ring substituents is 1. The maximum atomic E-state index is 12.7. The van der Waals surface area contributed by atoms with Gasteiger partial charge >= 0.3 is 6.18 Å². The molecular weight excluding hydrogens is 365 g/mol. The molecule has 0 saturated heterocycles. The van der Waals surface area contributed by atoms with Crippen molar-refractivity contribution in [3.05, 3.63) is 76.2 Å². The van der Waals surface area contributed by atoms with E-state index in [2.05, 4.69) is 10.3 Å². The number of carbonyl (C=O) groups excluding carboxylic acids is 1. The topological polar surface area (TPSA) is 90.1 Å². The lowest BCUT2D eigenvalue weighted by Crippen LogP contribution is -2.17. The zero-order valence-electron chi connectivity index (χ0n) is 13.5. The molecule has 0 atom stereocenters. The van der Waals surface area contributed by atoms with Gasteiger partial charge in [-0.15, -0.1) is 0 Å². The van der Waals surface area contributed by atoms with Crippen LogP contribution in [0.2, 0.25) is 0 Å². The lowest BCUT2D eigenvalue weighted by molar-refractivity contribution is -0.384. The van der Waals surface area contributed by atoms with Crippen molar-refractivity contribution in [2.75, 3.05) is 0 Å². The van der Waals surface area contributed by atoms with Crippen LogP contribution in [0.4, 0.5) is 18.9 Å². The SMILES string of the molecule is O=C(N/C=C/n1cnc2cc(C(F)(F)F)ccc21)c1ccc([N+](=O)[O-])cc1. The molecular formula is C17H11F3N4O3. The summed E-state index contributed by atoms with van der Waals surface area (Å²) in [7, 11) is 0. The molecule has 1 heterocycles. The Morgan fingerprint density at radius 1 is 1.19 bits per heavy atom. The number of hydrogen-bond donors (Lipinski definition) is 1. The van der Waals surface area contributed by atoms with Crippen LogP contribution in [-0.2, 0) is 6.18 Å². The first-order valence-electron chi connectivity index (χ1n) is 7.51. The number of nitrogens with zero attached hydrogens (tertiary/aromatic N) is 3. The van der Waals surface area contributed by atoms with Gasteiger partial charge in [-0.05, 0) is 30.3 Å². The number of halogens is 3. The molecule has 0 radical (unpaired) electrons. The third-order valence-corrected chi connectivity index (χ3v) is 3.69. The Bertz CT molecular complexity index is 1040. The summed E-state index contributed by atoms with van der Waals surface area (Å²) in [5.41, 5.74) is -0.114. The van der Waals surface area contributed by atoms with Crippen LogP contribution in [0.1, 0.15) is 15.9 Å². The number of imidazole rings is 1. The number of benzene rings is 2. The van der Waals surface area contributed by atoms with Crippen molar-refractivity contribution in [3.63, 3.8) is 0 Å². The fourth-order valence-electron chi connectivity index (χ4n) is 2.34. The highest BCUT2D eigenvalue weighted by atomic mass is 19.4. The van der Waals surface area contributed by atoms with Gasteiger partial charge in [-0.3, -0.25) is 14.9 Å². The summed E-state index contributed by atoms with van der Waals surface area (Å²) in [6.45, 7) is 0. The number of non-ortho nitro benzene ring substituents is 1. The van der Waals surface area contributed by atoms with E-state index in [4.69, 9.17) is 0 Å². The fourth-order valence-corrected chi connectivity index (χ4v) is 2.34. The van der Waals surface area contributed by atoms with Crippen LogP contribution in [0.25, 0.3) is 17.2 Å². The molecule has 1 amide bonds. The van der Waals surface area contributed by atoms with E-state index in [0.29, 0.717) is 5.52 Å². The highest BCUT2D eigenvalue weighted by Gasteiger charge is 2.30. The third-order valence-electron chi connectivity index (χ3n) is 3.69. The summed E-state index contributed by atoms with van der Waals surface area (Å²) in [5.74, 6) is -0.495. The number of nitro groups is 1. The van der Waals surface area contributed by atoms with Gasteiger partial charge in [0.05, 0.1) is 27.8 Å². The Morgan fingerprint density at radius 2 is 1.89 bits per heavy atom. The molecule has 7 nitrogen and oxygen atoms in total. The molecule has 0 aliphatic rings. The summed E-state index contributed by atoms with van der Waals surface area (Å²) in [4.78, 5) is 25.9. The number of alkyl halides is 3. The smallest absolute Gasteiger partial charge is 0.327 e. The molecule has 0 aliphatic carbocycles. The number of nitrogens with one attached hydrogen (secondary N) is 1. The van der Waals surface area contributed by atoms with Crippen LogP contribution in [0.5, 0.6) is 0 Å². The predicted molar refractivity (Wildman–Crippen MR) is 90.6 cm³/mol. The van der Waals surface area contributed by atoms with Gasteiger partial charge in [0, 0.05) is 30.1 Å². The molecule has 10 heteroatoms.